The first kappa shape index (κ1) is 9.72. The molecule has 1 saturated carbocycles. The van der Waals surface area contributed by atoms with Crippen molar-refractivity contribution >= 4 is 0 Å². The van der Waals surface area contributed by atoms with Gasteiger partial charge in [0.15, 0.2) is 18.4 Å². The van der Waals surface area contributed by atoms with E-state index in [0.29, 0.717) is 5.92 Å². The summed E-state index contributed by atoms with van der Waals surface area (Å²) in [5.41, 5.74) is -0.719. The highest BCUT2D eigenvalue weighted by atomic mass is 16.9. The molecule has 19 heavy (non-hydrogen) atoms. The lowest BCUT2D eigenvalue weighted by atomic mass is 9.57. The highest BCUT2D eigenvalue weighted by Crippen LogP contribution is 2.63. The van der Waals surface area contributed by atoms with Gasteiger partial charge in [0, 0.05) is 22.4 Å². The highest BCUT2D eigenvalue weighted by Gasteiger charge is 2.71. The van der Waals surface area contributed by atoms with Gasteiger partial charge in [-0.2, -0.15) is 0 Å². The lowest BCUT2D eigenvalue weighted by molar-refractivity contribution is -0.326. The Labute approximate surface area is 118 Å². The van der Waals surface area contributed by atoms with Crippen molar-refractivity contribution < 1.29 is 23.4 Å². The van der Waals surface area contributed by atoms with Crippen LogP contribution in [-0.4, -0.2) is 29.1 Å². The largest absolute Gasteiger partial charge is 0.368 e. The van der Waals surface area contributed by atoms with E-state index in [4.69, 9.17) is 18.3 Å². The Hall–Kier alpha value is -0.160. The molecule has 1 unspecified atom stereocenters. The summed E-state index contributed by atoms with van der Waals surface area (Å²) in [6, 6.07) is 0. The molecule has 0 amide bonds. The SMILES string of the molecule is [2H]C([2H])([2H])[C@H]1C(O)O[C@H]2O[C@@]3(C)CC[C@H]4[C@H](C)CC[C@@H]1[C@@]24O3. The summed E-state index contributed by atoms with van der Waals surface area (Å²) in [4.78, 5) is 0. The molecule has 1 N–H and O–H groups in total. The fourth-order valence-electron chi connectivity index (χ4n) is 4.90. The second-order valence-electron chi connectivity index (χ2n) is 6.90. The first-order valence-electron chi connectivity index (χ1n) is 8.89. The number of hydrogen-bond donors (Lipinski definition) is 1. The molecule has 0 radical (unpaired) electrons. The zero-order valence-corrected chi connectivity index (χ0v) is 11.5. The van der Waals surface area contributed by atoms with Crippen LogP contribution in [0.1, 0.15) is 50.5 Å². The average Bonchev–Trinajstić information content (AvgIpc) is 2.60. The Morgan fingerprint density at radius 3 is 2.89 bits per heavy atom. The summed E-state index contributed by atoms with van der Waals surface area (Å²) in [5.74, 6) is -1.22. The van der Waals surface area contributed by atoms with E-state index in [1.165, 1.54) is 0 Å². The second-order valence-corrected chi connectivity index (χ2v) is 6.90. The van der Waals surface area contributed by atoms with Crippen molar-refractivity contribution in [3.05, 3.63) is 0 Å². The molecule has 3 heterocycles. The molecule has 3 aliphatic heterocycles. The third kappa shape index (κ3) is 1.44. The van der Waals surface area contributed by atoms with Gasteiger partial charge in [-0.25, -0.2) is 0 Å². The molecule has 0 aromatic carbocycles. The normalized spacial score (nSPS) is 66.8. The van der Waals surface area contributed by atoms with Crippen molar-refractivity contribution in [3.8, 4) is 0 Å². The molecule has 3 saturated heterocycles. The second kappa shape index (κ2) is 3.73. The minimum atomic E-state index is -2.27. The predicted octanol–water partition coefficient (Wildman–Crippen LogP) is 2.26. The van der Waals surface area contributed by atoms with E-state index in [-0.39, 0.29) is 11.8 Å². The molecule has 4 rings (SSSR count). The number of fused-ring (bicyclic) bond motifs is 1. The van der Waals surface area contributed by atoms with Crippen LogP contribution in [0.3, 0.4) is 0 Å². The molecule has 0 aromatic heterocycles. The molecule has 2 bridgehead atoms. The third-order valence-corrected chi connectivity index (χ3v) is 5.81. The van der Waals surface area contributed by atoms with Gasteiger partial charge in [0.1, 0.15) is 5.60 Å². The maximum absolute atomic E-state index is 10.3. The number of rotatable bonds is 0. The summed E-state index contributed by atoms with van der Waals surface area (Å²) < 4.78 is 41.6. The number of hydrogen-bond acceptors (Lipinski definition) is 4. The van der Waals surface area contributed by atoms with Crippen LogP contribution in [-0.2, 0) is 14.2 Å². The quantitative estimate of drug-likeness (QED) is 0.734. The third-order valence-electron chi connectivity index (χ3n) is 5.81. The van der Waals surface area contributed by atoms with Gasteiger partial charge in [-0.15, -0.1) is 0 Å². The minimum Gasteiger partial charge on any atom is -0.368 e. The predicted molar refractivity (Wildman–Crippen MR) is 68.0 cm³/mol. The molecular formula is C15H24O4. The van der Waals surface area contributed by atoms with E-state index in [9.17, 15) is 5.11 Å². The topological polar surface area (TPSA) is 47.9 Å². The van der Waals surface area contributed by atoms with Crippen molar-refractivity contribution in [1.29, 1.82) is 0 Å². The van der Waals surface area contributed by atoms with E-state index in [1.54, 1.807) is 0 Å². The van der Waals surface area contributed by atoms with Gasteiger partial charge in [0.05, 0.1) is 0 Å². The van der Waals surface area contributed by atoms with Gasteiger partial charge in [-0.1, -0.05) is 13.8 Å². The first-order valence-corrected chi connectivity index (χ1v) is 7.39. The number of ether oxygens (including phenoxy) is 3. The summed E-state index contributed by atoms with van der Waals surface area (Å²) in [7, 11) is 0. The van der Waals surface area contributed by atoms with Crippen molar-refractivity contribution in [2.75, 3.05) is 0 Å². The van der Waals surface area contributed by atoms with E-state index in [0.717, 1.165) is 25.7 Å². The first-order chi connectivity index (χ1) is 10.2. The molecule has 0 aromatic rings. The van der Waals surface area contributed by atoms with Gasteiger partial charge >= 0.3 is 0 Å². The van der Waals surface area contributed by atoms with Gasteiger partial charge in [-0.3, -0.25) is 0 Å². The van der Waals surface area contributed by atoms with Gasteiger partial charge in [0.2, 0.25) is 0 Å². The fourth-order valence-corrected chi connectivity index (χ4v) is 4.90. The maximum Gasteiger partial charge on any atom is 0.193 e. The molecule has 4 aliphatic rings. The summed E-state index contributed by atoms with van der Waals surface area (Å²) >= 11 is 0. The Kier molecular flexibility index (Phi) is 1.91. The Bertz CT molecular complexity index is 484. The van der Waals surface area contributed by atoms with Crippen molar-refractivity contribution in [2.45, 2.75) is 70.4 Å². The molecule has 4 nitrogen and oxygen atoms in total. The van der Waals surface area contributed by atoms with Crippen LogP contribution in [0.15, 0.2) is 0 Å². The van der Waals surface area contributed by atoms with Crippen molar-refractivity contribution in [1.82, 2.24) is 0 Å². The average molecular weight is 271 g/mol. The van der Waals surface area contributed by atoms with Gasteiger partial charge in [0.25, 0.3) is 0 Å². The summed E-state index contributed by atoms with van der Waals surface area (Å²) in [6.45, 7) is 1.83. The molecule has 4 heteroatoms. The zero-order valence-electron chi connectivity index (χ0n) is 14.5. The van der Waals surface area contributed by atoms with Gasteiger partial charge < -0.3 is 19.3 Å². The lowest BCUT2D eigenvalue weighted by Crippen LogP contribution is -2.66. The minimum absolute atomic E-state index is 0.226. The molecule has 4 fully saturated rings. The Morgan fingerprint density at radius 2 is 2.11 bits per heavy atom. The van der Waals surface area contributed by atoms with Crippen molar-refractivity contribution in [3.63, 3.8) is 0 Å². The fraction of sp³-hybridized carbons (Fsp3) is 1.00. The van der Waals surface area contributed by atoms with Crippen LogP contribution in [0.25, 0.3) is 0 Å². The lowest BCUT2D eigenvalue weighted by Gasteiger charge is -2.57. The Morgan fingerprint density at radius 1 is 1.26 bits per heavy atom. The summed E-state index contributed by atoms with van der Waals surface area (Å²) in [6.07, 6.45) is 1.45. The van der Waals surface area contributed by atoms with Crippen molar-refractivity contribution in [2.24, 2.45) is 23.7 Å². The molecule has 1 aliphatic carbocycles. The Balaban J connectivity index is 1.82. The summed E-state index contributed by atoms with van der Waals surface area (Å²) in [5, 5.41) is 10.3. The van der Waals surface area contributed by atoms with E-state index < -0.39 is 36.7 Å². The van der Waals surface area contributed by atoms with Crippen LogP contribution in [0.4, 0.5) is 0 Å². The smallest absolute Gasteiger partial charge is 0.193 e. The molecule has 8 atom stereocenters. The highest BCUT2D eigenvalue weighted by molar-refractivity contribution is 5.12. The van der Waals surface area contributed by atoms with Gasteiger partial charge in [-0.05, 0) is 38.0 Å². The molecule has 1 spiro atoms. The van der Waals surface area contributed by atoms with E-state index in [2.05, 4.69) is 6.92 Å². The van der Waals surface area contributed by atoms with E-state index >= 15 is 0 Å². The van der Waals surface area contributed by atoms with Crippen LogP contribution >= 0.6 is 0 Å². The molecular weight excluding hydrogens is 244 g/mol. The number of aliphatic hydroxyl groups is 1. The standard InChI is InChI=1S/C15H24O4/c1-8-4-5-11-9(2)12(16)17-13-15(11)10(8)6-7-14(3,18-13)19-15/h8-13,16H,4-7H2,1-3H3/t8-,9-,10+,11+,12?,13+,14-,15-/m1/s1/i2D3. The van der Waals surface area contributed by atoms with Crippen LogP contribution in [0.2, 0.25) is 0 Å². The molecule has 108 valence electrons. The van der Waals surface area contributed by atoms with Crippen LogP contribution in [0.5, 0.6) is 0 Å². The monoisotopic (exact) mass is 271 g/mol. The van der Waals surface area contributed by atoms with Crippen LogP contribution in [0, 0.1) is 23.7 Å². The van der Waals surface area contributed by atoms with Crippen LogP contribution < -0.4 is 0 Å². The zero-order chi connectivity index (χ0) is 15.9. The number of aliphatic hydroxyl groups excluding tert-OH is 1. The van der Waals surface area contributed by atoms with E-state index in [1.807, 2.05) is 6.92 Å². The maximum atomic E-state index is 10.3.